The van der Waals surface area contributed by atoms with E-state index in [1.165, 1.54) is 57.1 Å². The fourth-order valence-electron chi connectivity index (χ4n) is 3.80. The van der Waals surface area contributed by atoms with Gasteiger partial charge in [0, 0.05) is 5.56 Å². The average Bonchev–Trinajstić information content (AvgIpc) is 2.88. The van der Waals surface area contributed by atoms with Crippen LogP contribution in [0.4, 0.5) is 5.69 Å². The van der Waals surface area contributed by atoms with Crippen LogP contribution in [0.15, 0.2) is 48.5 Å². The SMILES string of the molecule is CCCCCCCCCCCCOC(=O)c1ccc(Cl)c(NC(=O)C(C)C(=O)c2ccccc2)c1. The van der Waals surface area contributed by atoms with Crippen LogP contribution in [0, 0.1) is 5.92 Å². The lowest BCUT2D eigenvalue weighted by atomic mass is 9.98. The molecule has 1 unspecified atom stereocenters. The molecule has 0 radical (unpaired) electrons. The van der Waals surface area contributed by atoms with E-state index >= 15 is 0 Å². The number of amides is 1. The summed E-state index contributed by atoms with van der Waals surface area (Å²) in [6.07, 6.45) is 12.1. The summed E-state index contributed by atoms with van der Waals surface area (Å²) in [5.74, 6) is -2.13. The number of anilines is 1. The zero-order valence-electron chi connectivity index (χ0n) is 21.0. The topological polar surface area (TPSA) is 72.5 Å². The van der Waals surface area contributed by atoms with Gasteiger partial charge in [0.2, 0.25) is 5.91 Å². The smallest absolute Gasteiger partial charge is 0.338 e. The number of Topliss-reactive ketones (excluding diaryl/α,β-unsaturated/α-hetero) is 1. The number of carbonyl (C=O) groups excluding carboxylic acids is 3. The highest BCUT2D eigenvalue weighted by Crippen LogP contribution is 2.25. The maximum absolute atomic E-state index is 12.6. The van der Waals surface area contributed by atoms with Gasteiger partial charge in [0.15, 0.2) is 5.78 Å². The van der Waals surface area contributed by atoms with Gasteiger partial charge in [-0.25, -0.2) is 4.79 Å². The highest BCUT2D eigenvalue weighted by atomic mass is 35.5. The maximum Gasteiger partial charge on any atom is 0.338 e. The summed E-state index contributed by atoms with van der Waals surface area (Å²) in [4.78, 5) is 37.6. The van der Waals surface area contributed by atoms with Crippen molar-refractivity contribution in [2.45, 2.75) is 78.1 Å². The van der Waals surface area contributed by atoms with Gasteiger partial charge in [0.05, 0.1) is 28.8 Å². The van der Waals surface area contributed by atoms with E-state index in [1.54, 1.807) is 37.3 Å². The van der Waals surface area contributed by atoms with Gasteiger partial charge in [-0.2, -0.15) is 0 Å². The number of hydrogen-bond acceptors (Lipinski definition) is 4. The molecule has 0 aliphatic carbocycles. The van der Waals surface area contributed by atoms with E-state index < -0.39 is 17.8 Å². The molecule has 5 nitrogen and oxygen atoms in total. The molecule has 0 saturated heterocycles. The van der Waals surface area contributed by atoms with Gasteiger partial charge in [-0.05, 0) is 31.5 Å². The van der Waals surface area contributed by atoms with Gasteiger partial charge in [0.25, 0.3) is 0 Å². The minimum atomic E-state index is -0.902. The molecule has 2 aromatic carbocycles. The number of benzene rings is 2. The first-order chi connectivity index (χ1) is 16.9. The van der Waals surface area contributed by atoms with Crippen molar-refractivity contribution in [1.29, 1.82) is 0 Å². The molecule has 0 aromatic heterocycles. The van der Waals surface area contributed by atoms with Crippen LogP contribution in [-0.4, -0.2) is 24.3 Å². The van der Waals surface area contributed by atoms with Crippen LogP contribution < -0.4 is 5.32 Å². The van der Waals surface area contributed by atoms with E-state index in [1.807, 2.05) is 6.07 Å². The van der Waals surface area contributed by atoms with E-state index in [-0.39, 0.29) is 16.5 Å². The van der Waals surface area contributed by atoms with Crippen molar-refractivity contribution in [1.82, 2.24) is 0 Å². The van der Waals surface area contributed by atoms with E-state index in [0.29, 0.717) is 17.7 Å². The molecule has 6 heteroatoms. The Bertz CT molecular complexity index is 945. The Kier molecular flexibility index (Phi) is 13.1. The van der Waals surface area contributed by atoms with Crippen LogP contribution in [0.25, 0.3) is 0 Å². The molecular weight excluding hydrogens is 462 g/mol. The summed E-state index contributed by atoms with van der Waals surface area (Å²) in [6.45, 7) is 4.14. The largest absolute Gasteiger partial charge is 0.462 e. The van der Waals surface area contributed by atoms with Crippen LogP contribution in [0.1, 0.15) is 98.8 Å². The molecule has 0 bridgehead atoms. The predicted molar refractivity (Wildman–Crippen MR) is 142 cm³/mol. The number of unbranched alkanes of at least 4 members (excludes halogenated alkanes) is 9. The Morgan fingerprint density at radius 2 is 1.43 bits per heavy atom. The van der Waals surface area contributed by atoms with Gasteiger partial charge in [-0.15, -0.1) is 0 Å². The summed E-state index contributed by atoms with van der Waals surface area (Å²) in [6, 6.07) is 13.2. The summed E-state index contributed by atoms with van der Waals surface area (Å²) in [7, 11) is 0. The van der Waals surface area contributed by atoms with Crippen LogP contribution in [0.3, 0.4) is 0 Å². The lowest BCUT2D eigenvalue weighted by Gasteiger charge is -2.13. The lowest BCUT2D eigenvalue weighted by molar-refractivity contribution is -0.118. The zero-order chi connectivity index (χ0) is 25.5. The first-order valence-corrected chi connectivity index (χ1v) is 13.2. The number of rotatable bonds is 16. The summed E-state index contributed by atoms with van der Waals surface area (Å²) in [5.41, 5.74) is 1.04. The van der Waals surface area contributed by atoms with Gasteiger partial charge >= 0.3 is 5.97 Å². The third-order valence-electron chi connectivity index (χ3n) is 6.04. The van der Waals surface area contributed by atoms with E-state index in [0.717, 1.165) is 19.3 Å². The summed E-state index contributed by atoms with van der Waals surface area (Å²) >= 11 is 6.22. The fraction of sp³-hybridized carbons (Fsp3) is 0.483. The molecule has 0 heterocycles. The second-order valence-corrected chi connectivity index (χ2v) is 9.36. The molecule has 0 spiro atoms. The molecule has 190 valence electrons. The van der Waals surface area contributed by atoms with Gasteiger partial charge in [0.1, 0.15) is 0 Å². The molecule has 0 aliphatic rings. The third kappa shape index (κ3) is 10.2. The second-order valence-electron chi connectivity index (χ2n) is 8.95. The first-order valence-electron chi connectivity index (χ1n) is 12.8. The Labute approximate surface area is 214 Å². The molecule has 2 rings (SSSR count). The third-order valence-corrected chi connectivity index (χ3v) is 6.37. The lowest BCUT2D eigenvalue weighted by Crippen LogP contribution is -2.27. The predicted octanol–water partition coefficient (Wildman–Crippen LogP) is 7.88. The molecule has 0 fully saturated rings. The Hall–Kier alpha value is -2.66. The van der Waals surface area contributed by atoms with Crippen molar-refractivity contribution in [3.05, 3.63) is 64.7 Å². The first kappa shape index (κ1) is 28.6. The Balaban J connectivity index is 1.75. The van der Waals surface area contributed by atoms with Gasteiger partial charge in [-0.1, -0.05) is 107 Å². The van der Waals surface area contributed by atoms with Gasteiger partial charge < -0.3 is 10.1 Å². The Morgan fingerprint density at radius 1 is 0.829 bits per heavy atom. The highest BCUT2D eigenvalue weighted by molar-refractivity contribution is 6.34. The highest BCUT2D eigenvalue weighted by Gasteiger charge is 2.23. The van der Waals surface area contributed by atoms with Crippen molar-refractivity contribution < 1.29 is 19.1 Å². The van der Waals surface area contributed by atoms with Crippen LogP contribution in [-0.2, 0) is 9.53 Å². The number of ether oxygens (including phenoxy) is 1. The van der Waals surface area contributed by atoms with Crippen molar-refractivity contribution in [3.8, 4) is 0 Å². The standard InChI is InChI=1S/C29H38ClNO4/c1-3-4-5-6-7-8-9-10-11-15-20-35-29(34)24-18-19-25(30)26(21-24)31-28(33)22(2)27(32)23-16-13-12-14-17-23/h12-14,16-19,21-22H,3-11,15,20H2,1-2H3,(H,31,33). The minimum absolute atomic E-state index is 0.276. The van der Waals surface area contributed by atoms with Crippen LogP contribution in [0.5, 0.6) is 0 Å². The number of hydrogen-bond donors (Lipinski definition) is 1. The second kappa shape index (κ2) is 16.1. The van der Waals surface area contributed by atoms with Gasteiger partial charge in [-0.3, -0.25) is 9.59 Å². The summed E-state index contributed by atoms with van der Waals surface area (Å²) in [5, 5.41) is 2.95. The molecule has 1 amide bonds. The van der Waals surface area contributed by atoms with E-state index in [9.17, 15) is 14.4 Å². The molecule has 35 heavy (non-hydrogen) atoms. The van der Waals surface area contributed by atoms with E-state index in [4.69, 9.17) is 16.3 Å². The number of carbonyl (C=O) groups is 3. The molecule has 2 aromatic rings. The number of halogens is 1. The molecule has 0 aliphatic heterocycles. The van der Waals surface area contributed by atoms with Crippen LogP contribution in [0.2, 0.25) is 5.02 Å². The normalized spacial score (nSPS) is 11.6. The number of esters is 1. The molecule has 1 atom stereocenters. The minimum Gasteiger partial charge on any atom is -0.462 e. The monoisotopic (exact) mass is 499 g/mol. The fourth-order valence-corrected chi connectivity index (χ4v) is 3.96. The molecule has 0 saturated carbocycles. The van der Waals surface area contributed by atoms with Crippen molar-refractivity contribution in [3.63, 3.8) is 0 Å². The van der Waals surface area contributed by atoms with Crippen LogP contribution >= 0.6 is 11.6 Å². The van der Waals surface area contributed by atoms with Crippen molar-refractivity contribution >= 4 is 34.9 Å². The number of nitrogens with one attached hydrogen (secondary N) is 1. The van der Waals surface area contributed by atoms with Crippen molar-refractivity contribution in [2.24, 2.45) is 5.92 Å². The quantitative estimate of drug-likeness (QED) is 0.110. The average molecular weight is 500 g/mol. The number of ketones is 1. The molecule has 1 N–H and O–H groups in total. The zero-order valence-corrected chi connectivity index (χ0v) is 21.7. The molecular formula is C29H38ClNO4. The summed E-state index contributed by atoms with van der Waals surface area (Å²) < 4.78 is 5.39. The van der Waals surface area contributed by atoms with E-state index in [2.05, 4.69) is 12.2 Å². The maximum atomic E-state index is 12.6. The van der Waals surface area contributed by atoms with Crippen molar-refractivity contribution in [2.75, 3.05) is 11.9 Å². The Morgan fingerprint density at radius 3 is 2.06 bits per heavy atom.